The van der Waals surface area contributed by atoms with Crippen molar-refractivity contribution < 1.29 is 22.7 Å². The number of amidine groups is 1. The smallest absolute Gasteiger partial charge is 0.308 e. The largest absolute Gasteiger partial charge is 0.469 e. The molecule has 1 saturated heterocycles. The highest BCUT2D eigenvalue weighted by Crippen LogP contribution is 2.22. The third-order valence-corrected chi connectivity index (χ3v) is 6.04. The van der Waals surface area contributed by atoms with Crippen LogP contribution in [0.2, 0.25) is 0 Å². The number of hydrogen-bond acceptors (Lipinski definition) is 6. The van der Waals surface area contributed by atoms with E-state index in [-0.39, 0.29) is 41.5 Å². The predicted molar refractivity (Wildman–Crippen MR) is 94.1 cm³/mol. The Morgan fingerprint density at radius 1 is 1.27 bits per heavy atom. The van der Waals surface area contributed by atoms with Gasteiger partial charge in [-0.2, -0.15) is 0 Å². The molecule has 140 valence electrons. The molecule has 1 fully saturated rings. The predicted octanol–water partition coefficient (Wildman–Crippen LogP) is 0.527. The highest BCUT2D eigenvalue weighted by Gasteiger charge is 2.30. The Morgan fingerprint density at radius 3 is 2.65 bits per heavy atom. The average Bonchev–Trinajstić information content (AvgIpc) is 2.92. The van der Waals surface area contributed by atoms with Gasteiger partial charge in [0.1, 0.15) is 5.84 Å². The lowest BCUT2D eigenvalue weighted by Crippen LogP contribution is -2.40. The lowest BCUT2D eigenvalue weighted by Gasteiger charge is -2.30. The first-order valence-electron chi connectivity index (χ1n) is 8.44. The van der Waals surface area contributed by atoms with Crippen LogP contribution in [0.5, 0.6) is 0 Å². The van der Waals surface area contributed by atoms with Crippen LogP contribution < -0.4 is 4.72 Å². The number of ether oxygens (including phenoxy) is 1. The van der Waals surface area contributed by atoms with Crippen LogP contribution in [0.15, 0.2) is 34.2 Å². The van der Waals surface area contributed by atoms with E-state index in [0.717, 1.165) is 0 Å². The Kier molecular flexibility index (Phi) is 5.26. The number of sulfonamides is 1. The Morgan fingerprint density at radius 2 is 1.96 bits per heavy atom. The van der Waals surface area contributed by atoms with Crippen molar-refractivity contribution in [3.05, 3.63) is 29.8 Å². The molecule has 9 heteroatoms. The Balaban J connectivity index is 1.55. The van der Waals surface area contributed by atoms with E-state index >= 15 is 0 Å². The lowest BCUT2D eigenvalue weighted by molar-refractivity contribution is -0.148. The van der Waals surface area contributed by atoms with Crippen LogP contribution in [-0.2, 0) is 24.3 Å². The molecular weight excluding hydrogens is 358 g/mol. The van der Waals surface area contributed by atoms with Crippen LogP contribution >= 0.6 is 0 Å². The van der Waals surface area contributed by atoms with Gasteiger partial charge in [-0.25, -0.2) is 8.42 Å². The van der Waals surface area contributed by atoms with Gasteiger partial charge in [-0.3, -0.25) is 19.3 Å². The number of methoxy groups -OCH3 is 1. The minimum atomic E-state index is -3.56. The summed E-state index contributed by atoms with van der Waals surface area (Å²) in [6.07, 6.45) is 1.39. The summed E-state index contributed by atoms with van der Waals surface area (Å²) in [6.45, 7) is 1.23. The zero-order chi connectivity index (χ0) is 18.7. The maximum Gasteiger partial charge on any atom is 0.308 e. The first kappa shape index (κ1) is 18.4. The third kappa shape index (κ3) is 3.72. The number of amides is 1. The van der Waals surface area contributed by atoms with Crippen molar-refractivity contribution in [2.24, 2.45) is 10.9 Å². The van der Waals surface area contributed by atoms with Gasteiger partial charge in [0.25, 0.3) is 10.0 Å². The molecule has 0 spiro atoms. The van der Waals surface area contributed by atoms with E-state index in [0.29, 0.717) is 31.5 Å². The molecule has 1 aromatic rings. The molecule has 8 nitrogen and oxygen atoms in total. The van der Waals surface area contributed by atoms with E-state index in [2.05, 4.69) is 9.71 Å². The summed E-state index contributed by atoms with van der Waals surface area (Å²) in [6, 6.07) is 6.61. The molecular formula is C17H21N3O5S. The Labute approximate surface area is 152 Å². The van der Waals surface area contributed by atoms with Crippen molar-refractivity contribution in [3.8, 4) is 0 Å². The summed E-state index contributed by atoms with van der Waals surface area (Å²) < 4.78 is 31.2. The number of nitrogens with zero attached hydrogens (tertiary/aromatic N) is 2. The number of esters is 1. The van der Waals surface area contributed by atoms with E-state index in [1.165, 1.54) is 13.2 Å². The quantitative estimate of drug-likeness (QED) is 0.768. The second-order valence-corrected chi connectivity index (χ2v) is 7.91. The summed E-state index contributed by atoms with van der Waals surface area (Å²) in [4.78, 5) is 30.0. The Bertz CT molecular complexity index is 842. The molecule has 1 aromatic carbocycles. The summed E-state index contributed by atoms with van der Waals surface area (Å²) in [5.74, 6) is -0.144. The number of piperidine rings is 1. The van der Waals surface area contributed by atoms with Crippen LogP contribution in [0.3, 0.4) is 0 Å². The van der Waals surface area contributed by atoms with E-state index in [1.54, 1.807) is 23.1 Å². The van der Waals surface area contributed by atoms with Crippen molar-refractivity contribution in [2.75, 3.05) is 26.7 Å². The van der Waals surface area contributed by atoms with Crippen molar-refractivity contribution in [1.82, 2.24) is 9.62 Å². The number of carbonyl (C=O) groups excluding carboxylic acids is 2. The minimum Gasteiger partial charge on any atom is -0.469 e. The summed E-state index contributed by atoms with van der Waals surface area (Å²) in [5, 5.41) is 0. The molecule has 2 heterocycles. The van der Waals surface area contributed by atoms with Crippen molar-refractivity contribution in [3.63, 3.8) is 0 Å². The molecule has 26 heavy (non-hydrogen) atoms. The number of hydrogen-bond donors (Lipinski definition) is 1. The fourth-order valence-corrected chi connectivity index (χ4v) is 4.45. The molecule has 1 N–H and O–H groups in total. The zero-order valence-corrected chi connectivity index (χ0v) is 15.3. The van der Waals surface area contributed by atoms with Crippen LogP contribution in [0.1, 0.15) is 24.8 Å². The molecule has 2 aliphatic rings. The molecule has 2 aliphatic heterocycles. The molecule has 3 rings (SSSR count). The van der Waals surface area contributed by atoms with Crippen molar-refractivity contribution in [2.45, 2.75) is 24.2 Å². The first-order chi connectivity index (χ1) is 12.4. The van der Waals surface area contributed by atoms with Crippen molar-refractivity contribution in [1.29, 1.82) is 0 Å². The van der Waals surface area contributed by atoms with E-state index < -0.39 is 10.0 Å². The Hall–Kier alpha value is -2.42. The standard InChI is InChI=1S/C17H21N3O5S/c1-25-17(22)12-7-10-20(11-8-12)15(21)6-9-18-16-13-4-2-3-5-14(13)26(23,24)19-16/h2-5,12H,6-11H2,1H3,(H,18,19). The second kappa shape index (κ2) is 7.45. The van der Waals surface area contributed by atoms with Gasteiger partial charge in [-0.05, 0) is 25.0 Å². The molecule has 0 atom stereocenters. The number of benzene rings is 1. The van der Waals surface area contributed by atoms with Gasteiger partial charge in [0.15, 0.2) is 0 Å². The third-order valence-electron chi connectivity index (χ3n) is 4.64. The summed E-state index contributed by atoms with van der Waals surface area (Å²) in [7, 11) is -2.19. The van der Waals surface area contributed by atoms with Gasteiger partial charge >= 0.3 is 5.97 Å². The molecule has 1 amide bonds. The van der Waals surface area contributed by atoms with Crippen LogP contribution in [-0.4, -0.2) is 57.8 Å². The maximum atomic E-state index is 12.3. The second-order valence-electron chi connectivity index (χ2n) is 6.26. The minimum absolute atomic E-state index is 0.0493. The fraction of sp³-hybridized carbons (Fsp3) is 0.471. The molecule has 0 aromatic heterocycles. The highest BCUT2D eigenvalue weighted by atomic mass is 32.2. The molecule has 0 aliphatic carbocycles. The van der Waals surface area contributed by atoms with Gasteiger partial charge in [-0.15, -0.1) is 0 Å². The molecule has 0 bridgehead atoms. The fourth-order valence-electron chi connectivity index (χ4n) is 3.20. The van der Waals surface area contributed by atoms with Gasteiger partial charge in [0, 0.05) is 25.1 Å². The van der Waals surface area contributed by atoms with E-state index in [1.807, 2.05) is 0 Å². The van der Waals surface area contributed by atoms with Gasteiger partial charge in [-0.1, -0.05) is 12.1 Å². The summed E-state index contributed by atoms with van der Waals surface area (Å²) >= 11 is 0. The number of likely N-dealkylation sites (tertiary alicyclic amines) is 1. The van der Waals surface area contributed by atoms with Crippen LogP contribution in [0.4, 0.5) is 0 Å². The number of rotatable bonds is 4. The lowest BCUT2D eigenvalue weighted by atomic mass is 9.97. The van der Waals surface area contributed by atoms with Crippen molar-refractivity contribution >= 4 is 27.7 Å². The topological polar surface area (TPSA) is 105 Å². The van der Waals surface area contributed by atoms with Crippen LogP contribution in [0.25, 0.3) is 0 Å². The number of nitrogens with one attached hydrogen (secondary N) is 1. The average molecular weight is 379 g/mol. The van der Waals surface area contributed by atoms with Gasteiger partial charge < -0.3 is 9.64 Å². The van der Waals surface area contributed by atoms with Gasteiger partial charge in [0.2, 0.25) is 5.91 Å². The van der Waals surface area contributed by atoms with Gasteiger partial charge in [0.05, 0.1) is 24.5 Å². The number of fused-ring (bicyclic) bond motifs is 1. The van der Waals surface area contributed by atoms with E-state index in [4.69, 9.17) is 4.74 Å². The maximum absolute atomic E-state index is 12.3. The summed E-state index contributed by atoms with van der Waals surface area (Å²) in [5.41, 5.74) is 0.527. The van der Waals surface area contributed by atoms with E-state index in [9.17, 15) is 18.0 Å². The molecule has 0 unspecified atom stereocenters. The number of aliphatic imine (C=N–C) groups is 1. The highest BCUT2D eigenvalue weighted by molar-refractivity contribution is 7.90. The normalized spacial score (nSPS) is 20.5. The number of carbonyl (C=O) groups is 2. The first-order valence-corrected chi connectivity index (χ1v) is 9.93. The zero-order valence-electron chi connectivity index (χ0n) is 14.5. The SMILES string of the molecule is COC(=O)C1CCN(C(=O)CCN=C2NS(=O)(=O)c3ccccc32)CC1. The molecule has 0 radical (unpaired) electrons. The van der Waals surface area contributed by atoms with Crippen LogP contribution in [0, 0.1) is 5.92 Å². The molecule has 0 saturated carbocycles. The monoisotopic (exact) mass is 379 g/mol.